The SMILES string of the molecule is CCC.O=C1CCNc2ccccc21. The second kappa shape index (κ2) is 5.43. The number of Topliss-reactive ketones (excluding diaryl/α,β-unsaturated/α-hetero) is 1. The zero-order valence-corrected chi connectivity index (χ0v) is 8.84. The first-order valence-electron chi connectivity index (χ1n) is 5.15. The molecule has 1 aliphatic rings. The summed E-state index contributed by atoms with van der Waals surface area (Å²) in [7, 11) is 0. The fraction of sp³-hybridized carbons (Fsp3) is 0.417. The Morgan fingerprint density at radius 1 is 1.29 bits per heavy atom. The highest BCUT2D eigenvalue weighted by molar-refractivity contribution is 6.02. The van der Waals surface area contributed by atoms with Gasteiger partial charge in [-0.25, -0.2) is 0 Å². The average Bonchev–Trinajstić information content (AvgIpc) is 2.20. The molecule has 14 heavy (non-hydrogen) atoms. The lowest BCUT2D eigenvalue weighted by Crippen LogP contribution is -2.17. The highest BCUT2D eigenvalue weighted by Gasteiger charge is 2.14. The predicted octanol–water partition coefficient (Wildman–Crippen LogP) is 3.10. The lowest BCUT2D eigenvalue weighted by Gasteiger charge is -2.15. The molecule has 0 saturated carbocycles. The van der Waals surface area contributed by atoms with Gasteiger partial charge in [-0.15, -0.1) is 0 Å². The molecule has 76 valence electrons. The van der Waals surface area contributed by atoms with E-state index in [1.165, 1.54) is 6.42 Å². The van der Waals surface area contributed by atoms with Crippen LogP contribution in [0.2, 0.25) is 0 Å². The molecule has 1 aliphatic heterocycles. The van der Waals surface area contributed by atoms with Crippen molar-refractivity contribution < 1.29 is 4.79 Å². The van der Waals surface area contributed by atoms with Crippen molar-refractivity contribution in [1.29, 1.82) is 0 Å². The summed E-state index contributed by atoms with van der Waals surface area (Å²) in [6, 6.07) is 7.63. The van der Waals surface area contributed by atoms with Gasteiger partial charge in [0.25, 0.3) is 0 Å². The molecule has 0 spiro atoms. The number of para-hydroxylation sites is 1. The molecule has 0 bridgehead atoms. The number of rotatable bonds is 0. The number of ketones is 1. The average molecular weight is 191 g/mol. The van der Waals surface area contributed by atoms with Crippen LogP contribution in [0.1, 0.15) is 37.0 Å². The van der Waals surface area contributed by atoms with Crippen LogP contribution in [0.4, 0.5) is 5.69 Å². The number of benzene rings is 1. The van der Waals surface area contributed by atoms with Crippen LogP contribution in [0, 0.1) is 0 Å². The normalized spacial score (nSPS) is 13.4. The van der Waals surface area contributed by atoms with Gasteiger partial charge in [-0.1, -0.05) is 32.4 Å². The molecule has 0 aromatic heterocycles. The van der Waals surface area contributed by atoms with Crippen molar-refractivity contribution >= 4 is 11.5 Å². The topological polar surface area (TPSA) is 29.1 Å². The van der Waals surface area contributed by atoms with Gasteiger partial charge in [0.05, 0.1) is 0 Å². The van der Waals surface area contributed by atoms with Crippen molar-refractivity contribution in [1.82, 2.24) is 0 Å². The van der Waals surface area contributed by atoms with E-state index in [2.05, 4.69) is 19.2 Å². The largest absolute Gasteiger partial charge is 0.384 e. The third-order valence-electron chi connectivity index (χ3n) is 1.89. The van der Waals surface area contributed by atoms with Gasteiger partial charge in [-0.05, 0) is 12.1 Å². The maximum atomic E-state index is 11.2. The van der Waals surface area contributed by atoms with Crippen molar-refractivity contribution in [2.45, 2.75) is 26.7 Å². The van der Waals surface area contributed by atoms with Gasteiger partial charge in [0, 0.05) is 24.2 Å². The molecule has 0 amide bonds. The number of carbonyl (C=O) groups excluding carboxylic acids is 1. The van der Waals surface area contributed by atoms with Gasteiger partial charge in [-0.3, -0.25) is 4.79 Å². The highest BCUT2D eigenvalue weighted by atomic mass is 16.1. The summed E-state index contributed by atoms with van der Waals surface area (Å²) < 4.78 is 0. The Kier molecular flexibility index (Phi) is 4.17. The smallest absolute Gasteiger partial charge is 0.166 e. The first kappa shape index (κ1) is 10.8. The summed E-state index contributed by atoms with van der Waals surface area (Å²) in [5, 5.41) is 3.17. The van der Waals surface area contributed by atoms with Crippen LogP contribution in [-0.2, 0) is 0 Å². The van der Waals surface area contributed by atoms with E-state index in [-0.39, 0.29) is 5.78 Å². The van der Waals surface area contributed by atoms with Crippen molar-refractivity contribution in [3.05, 3.63) is 29.8 Å². The number of fused-ring (bicyclic) bond motifs is 1. The first-order valence-corrected chi connectivity index (χ1v) is 5.15. The lowest BCUT2D eigenvalue weighted by atomic mass is 10.0. The molecule has 1 aromatic rings. The van der Waals surface area contributed by atoms with Gasteiger partial charge in [0.1, 0.15) is 0 Å². The minimum absolute atomic E-state index is 0.249. The van der Waals surface area contributed by atoms with Gasteiger partial charge in [-0.2, -0.15) is 0 Å². The van der Waals surface area contributed by atoms with Gasteiger partial charge in [0.15, 0.2) is 5.78 Å². The Bertz CT molecular complexity index is 307. The Balaban J connectivity index is 0.000000293. The lowest BCUT2D eigenvalue weighted by molar-refractivity contribution is 0.0984. The molecule has 0 unspecified atom stereocenters. The molecule has 2 nitrogen and oxygen atoms in total. The van der Waals surface area contributed by atoms with Crippen molar-refractivity contribution in [2.24, 2.45) is 0 Å². The van der Waals surface area contributed by atoms with Crippen molar-refractivity contribution in [2.75, 3.05) is 11.9 Å². The summed E-state index contributed by atoms with van der Waals surface area (Å²) in [6.07, 6.45) is 1.87. The zero-order chi connectivity index (χ0) is 10.4. The second-order valence-corrected chi connectivity index (χ2v) is 3.35. The Morgan fingerprint density at radius 2 is 1.93 bits per heavy atom. The number of hydrogen-bond acceptors (Lipinski definition) is 2. The summed E-state index contributed by atoms with van der Waals surface area (Å²) in [4.78, 5) is 11.2. The molecule has 2 rings (SSSR count). The summed E-state index contributed by atoms with van der Waals surface area (Å²) in [5.74, 6) is 0.249. The third-order valence-corrected chi connectivity index (χ3v) is 1.89. The molecule has 0 aliphatic carbocycles. The number of carbonyl (C=O) groups is 1. The third kappa shape index (κ3) is 2.59. The maximum Gasteiger partial charge on any atom is 0.166 e. The molecule has 1 heterocycles. The van der Waals surface area contributed by atoms with E-state index in [0.717, 1.165) is 17.8 Å². The summed E-state index contributed by atoms with van der Waals surface area (Å²) >= 11 is 0. The van der Waals surface area contributed by atoms with Crippen LogP contribution in [0.25, 0.3) is 0 Å². The molecule has 0 fully saturated rings. The number of nitrogens with one attached hydrogen (secondary N) is 1. The zero-order valence-electron chi connectivity index (χ0n) is 8.84. The second-order valence-electron chi connectivity index (χ2n) is 3.35. The van der Waals surface area contributed by atoms with E-state index in [9.17, 15) is 4.79 Å². The fourth-order valence-corrected chi connectivity index (χ4v) is 1.33. The fourth-order valence-electron chi connectivity index (χ4n) is 1.33. The van der Waals surface area contributed by atoms with Crippen LogP contribution in [0.15, 0.2) is 24.3 Å². The van der Waals surface area contributed by atoms with E-state index in [1.807, 2.05) is 24.3 Å². The van der Waals surface area contributed by atoms with Crippen molar-refractivity contribution in [3.8, 4) is 0 Å². The number of hydrogen-bond donors (Lipinski definition) is 1. The minimum atomic E-state index is 0.249. The van der Waals surface area contributed by atoms with Crippen LogP contribution < -0.4 is 5.32 Å². The molecule has 1 aromatic carbocycles. The van der Waals surface area contributed by atoms with E-state index in [0.29, 0.717) is 6.42 Å². The molecule has 0 atom stereocenters. The first-order chi connectivity index (χ1) is 6.79. The Labute approximate surface area is 85.3 Å². The monoisotopic (exact) mass is 191 g/mol. The van der Waals surface area contributed by atoms with E-state index in [1.54, 1.807) is 0 Å². The molecule has 0 saturated heterocycles. The van der Waals surface area contributed by atoms with Crippen LogP contribution in [-0.4, -0.2) is 12.3 Å². The van der Waals surface area contributed by atoms with E-state index < -0.39 is 0 Å². The summed E-state index contributed by atoms with van der Waals surface area (Å²) in [6.45, 7) is 5.02. The van der Waals surface area contributed by atoms with Crippen LogP contribution in [0.3, 0.4) is 0 Å². The quantitative estimate of drug-likeness (QED) is 0.682. The molecule has 0 radical (unpaired) electrons. The van der Waals surface area contributed by atoms with E-state index in [4.69, 9.17) is 0 Å². The van der Waals surface area contributed by atoms with Gasteiger partial charge >= 0.3 is 0 Å². The predicted molar refractivity (Wildman–Crippen MR) is 59.8 cm³/mol. The molecule has 2 heteroatoms. The van der Waals surface area contributed by atoms with Crippen LogP contribution in [0.5, 0.6) is 0 Å². The van der Waals surface area contributed by atoms with Gasteiger partial charge < -0.3 is 5.32 Å². The van der Waals surface area contributed by atoms with E-state index >= 15 is 0 Å². The van der Waals surface area contributed by atoms with Crippen LogP contribution >= 0.6 is 0 Å². The molecular formula is C12H17NO. The summed E-state index contributed by atoms with van der Waals surface area (Å²) in [5.41, 5.74) is 1.81. The van der Waals surface area contributed by atoms with Crippen molar-refractivity contribution in [3.63, 3.8) is 0 Å². The highest BCUT2D eigenvalue weighted by Crippen LogP contribution is 2.20. The minimum Gasteiger partial charge on any atom is -0.384 e. The maximum absolute atomic E-state index is 11.2. The molecule has 1 N–H and O–H groups in total. The Morgan fingerprint density at radius 3 is 2.57 bits per heavy atom. The van der Waals surface area contributed by atoms with Gasteiger partial charge in [0.2, 0.25) is 0 Å². The Hall–Kier alpha value is -1.31. The molecular weight excluding hydrogens is 174 g/mol. The number of anilines is 1. The standard InChI is InChI=1S/C9H9NO.C3H8/c11-9-5-6-10-8-4-2-1-3-7(8)9;1-3-2/h1-4,10H,5-6H2;3H2,1-2H3.